The second-order valence-corrected chi connectivity index (χ2v) is 5.58. The molecule has 7 nitrogen and oxygen atoms in total. The van der Waals surface area contributed by atoms with E-state index >= 15 is 0 Å². The molecule has 0 amide bonds. The molecule has 0 aliphatic heterocycles. The fourth-order valence-electron chi connectivity index (χ4n) is 0.922. The Balaban J connectivity index is 2.35. The van der Waals surface area contributed by atoms with Gasteiger partial charge in [-0.1, -0.05) is 0 Å². The first-order valence-corrected chi connectivity index (χ1v) is 6.91. The maximum atomic E-state index is 10.6. The molecule has 1 rings (SSSR count). The zero-order valence-corrected chi connectivity index (χ0v) is 9.84. The molecule has 0 fully saturated rings. The molecule has 0 aromatic carbocycles. The number of hydrogen-bond acceptors (Lipinski definition) is 6. The number of anilines is 1. The van der Waals surface area contributed by atoms with E-state index in [1.54, 1.807) is 0 Å². The summed E-state index contributed by atoms with van der Waals surface area (Å²) in [6, 6.07) is 0. The number of nitrogens with one attached hydrogen (secondary N) is 1. The molecule has 0 radical (unpaired) electrons. The lowest BCUT2D eigenvalue weighted by Gasteiger charge is -2.00. The molecule has 4 N–H and O–H groups in total. The summed E-state index contributed by atoms with van der Waals surface area (Å²) in [5, 5.41) is 18.1. The maximum absolute atomic E-state index is 10.6. The number of sulfonamides is 1. The predicted octanol–water partition coefficient (Wildman–Crippen LogP) is -0.0682. The highest BCUT2D eigenvalue weighted by molar-refractivity contribution is 7.89. The van der Waals surface area contributed by atoms with Crippen molar-refractivity contribution in [3.63, 3.8) is 0 Å². The summed E-state index contributed by atoms with van der Waals surface area (Å²) in [4.78, 5) is 14.3. The van der Waals surface area contributed by atoms with Crippen LogP contribution in [-0.4, -0.2) is 36.8 Å². The summed E-state index contributed by atoms with van der Waals surface area (Å²) < 4.78 is 21.2. The Morgan fingerprint density at radius 3 is 2.81 bits per heavy atom. The molecule has 0 saturated carbocycles. The first-order chi connectivity index (χ1) is 7.38. The van der Waals surface area contributed by atoms with Crippen LogP contribution in [0.3, 0.4) is 0 Å². The first-order valence-electron chi connectivity index (χ1n) is 4.31. The standard InChI is InChI=1S/C7H11N3O4S2/c8-16(13,14)3-1-2-9-7-10-5(4-15-7)6(11)12/h4H,1-3H2,(H,9,10)(H,11,12)(H2,8,13,14). The fraction of sp³-hybridized carbons (Fsp3) is 0.429. The number of thiazole rings is 1. The minimum Gasteiger partial charge on any atom is -0.476 e. The van der Waals surface area contributed by atoms with Crippen LogP contribution in [0.25, 0.3) is 0 Å². The lowest BCUT2D eigenvalue weighted by molar-refractivity contribution is 0.0691. The van der Waals surface area contributed by atoms with Gasteiger partial charge in [0.25, 0.3) is 0 Å². The van der Waals surface area contributed by atoms with Gasteiger partial charge < -0.3 is 10.4 Å². The van der Waals surface area contributed by atoms with Crippen LogP contribution in [0.15, 0.2) is 5.38 Å². The summed E-state index contributed by atoms with van der Waals surface area (Å²) >= 11 is 1.15. The number of carboxylic acids is 1. The van der Waals surface area contributed by atoms with Gasteiger partial charge in [0, 0.05) is 11.9 Å². The van der Waals surface area contributed by atoms with Crippen LogP contribution in [0.1, 0.15) is 16.9 Å². The Morgan fingerprint density at radius 1 is 1.62 bits per heavy atom. The Morgan fingerprint density at radius 2 is 2.31 bits per heavy atom. The Labute approximate surface area is 96.4 Å². The molecule has 0 unspecified atom stereocenters. The molecule has 0 spiro atoms. The number of aromatic carboxylic acids is 1. The van der Waals surface area contributed by atoms with Crippen molar-refractivity contribution in [2.75, 3.05) is 17.6 Å². The van der Waals surface area contributed by atoms with Crippen LogP contribution in [0.4, 0.5) is 5.13 Å². The molecule has 1 aromatic rings. The lowest BCUT2D eigenvalue weighted by Crippen LogP contribution is -2.18. The van der Waals surface area contributed by atoms with Gasteiger partial charge in [-0.15, -0.1) is 11.3 Å². The van der Waals surface area contributed by atoms with E-state index in [1.165, 1.54) is 5.38 Å². The highest BCUT2D eigenvalue weighted by Gasteiger charge is 2.08. The molecule has 1 heterocycles. The van der Waals surface area contributed by atoms with E-state index in [1.807, 2.05) is 0 Å². The van der Waals surface area contributed by atoms with Crippen LogP contribution in [-0.2, 0) is 10.0 Å². The van der Waals surface area contributed by atoms with E-state index in [4.69, 9.17) is 10.2 Å². The third-order valence-corrected chi connectivity index (χ3v) is 3.26. The Bertz CT molecular complexity index is 468. The van der Waals surface area contributed by atoms with Crippen LogP contribution in [0.2, 0.25) is 0 Å². The molecular weight excluding hydrogens is 254 g/mol. The first kappa shape index (κ1) is 12.9. The molecule has 90 valence electrons. The van der Waals surface area contributed by atoms with E-state index in [0.29, 0.717) is 18.1 Å². The third kappa shape index (κ3) is 4.55. The predicted molar refractivity (Wildman–Crippen MR) is 60.2 cm³/mol. The monoisotopic (exact) mass is 265 g/mol. The SMILES string of the molecule is NS(=O)(=O)CCCNc1nc(C(=O)O)cs1. The largest absolute Gasteiger partial charge is 0.476 e. The molecule has 0 saturated heterocycles. The topological polar surface area (TPSA) is 122 Å². The molecule has 0 aliphatic rings. The lowest BCUT2D eigenvalue weighted by atomic mass is 10.5. The summed E-state index contributed by atoms with van der Waals surface area (Å²) in [7, 11) is -3.44. The van der Waals surface area contributed by atoms with Crippen LogP contribution in [0.5, 0.6) is 0 Å². The van der Waals surface area contributed by atoms with E-state index in [0.717, 1.165) is 11.3 Å². The van der Waals surface area contributed by atoms with Gasteiger partial charge >= 0.3 is 5.97 Å². The van der Waals surface area contributed by atoms with Gasteiger partial charge in [-0.3, -0.25) is 0 Å². The second-order valence-electron chi connectivity index (χ2n) is 2.99. The quantitative estimate of drug-likeness (QED) is 0.619. The van der Waals surface area contributed by atoms with Crippen molar-refractivity contribution in [2.24, 2.45) is 5.14 Å². The molecule has 9 heteroatoms. The second kappa shape index (κ2) is 5.23. The minimum absolute atomic E-state index is 0.0288. The number of nitrogens with zero attached hydrogens (tertiary/aromatic N) is 1. The number of primary sulfonamides is 1. The number of rotatable bonds is 6. The van der Waals surface area contributed by atoms with Crippen LogP contribution in [0, 0.1) is 0 Å². The van der Waals surface area contributed by atoms with Gasteiger partial charge in [-0.05, 0) is 6.42 Å². The van der Waals surface area contributed by atoms with Gasteiger partial charge in [-0.2, -0.15) is 0 Å². The molecular formula is C7H11N3O4S2. The van der Waals surface area contributed by atoms with Crippen molar-refractivity contribution < 1.29 is 18.3 Å². The Kier molecular flexibility index (Phi) is 4.21. The van der Waals surface area contributed by atoms with Gasteiger partial charge in [0.1, 0.15) is 0 Å². The van der Waals surface area contributed by atoms with Gasteiger partial charge in [-0.25, -0.2) is 23.3 Å². The summed E-state index contributed by atoms with van der Waals surface area (Å²) in [6.07, 6.45) is 0.348. The fourth-order valence-corrected chi connectivity index (χ4v) is 2.18. The maximum Gasteiger partial charge on any atom is 0.355 e. The van der Waals surface area contributed by atoms with Crippen molar-refractivity contribution in [3.05, 3.63) is 11.1 Å². The average molecular weight is 265 g/mol. The van der Waals surface area contributed by atoms with Crippen molar-refractivity contribution in [1.29, 1.82) is 0 Å². The molecule has 16 heavy (non-hydrogen) atoms. The van der Waals surface area contributed by atoms with Crippen molar-refractivity contribution in [1.82, 2.24) is 4.98 Å². The molecule has 0 bridgehead atoms. The zero-order chi connectivity index (χ0) is 12.2. The minimum atomic E-state index is -3.44. The number of carbonyl (C=O) groups is 1. The highest BCUT2D eigenvalue weighted by atomic mass is 32.2. The molecule has 1 aromatic heterocycles. The zero-order valence-electron chi connectivity index (χ0n) is 8.21. The van der Waals surface area contributed by atoms with Crippen LogP contribution < -0.4 is 10.5 Å². The van der Waals surface area contributed by atoms with Gasteiger partial charge in [0.05, 0.1) is 5.75 Å². The normalized spacial score (nSPS) is 11.3. The highest BCUT2D eigenvalue weighted by Crippen LogP contribution is 2.14. The van der Waals surface area contributed by atoms with E-state index in [-0.39, 0.29) is 11.4 Å². The number of nitrogens with two attached hydrogens (primary N) is 1. The van der Waals surface area contributed by atoms with Crippen molar-refractivity contribution >= 4 is 32.5 Å². The molecule has 0 aliphatic carbocycles. The third-order valence-electron chi connectivity index (χ3n) is 1.61. The van der Waals surface area contributed by atoms with Crippen molar-refractivity contribution in [3.8, 4) is 0 Å². The van der Waals surface area contributed by atoms with E-state index in [9.17, 15) is 13.2 Å². The van der Waals surface area contributed by atoms with Crippen LogP contribution >= 0.6 is 11.3 Å². The van der Waals surface area contributed by atoms with E-state index < -0.39 is 16.0 Å². The summed E-state index contributed by atoms with van der Waals surface area (Å²) in [5.74, 6) is -1.20. The smallest absolute Gasteiger partial charge is 0.355 e. The summed E-state index contributed by atoms with van der Waals surface area (Å²) in [5.41, 5.74) is -0.0288. The summed E-state index contributed by atoms with van der Waals surface area (Å²) in [6.45, 7) is 0.378. The number of aromatic nitrogens is 1. The van der Waals surface area contributed by atoms with Crippen molar-refractivity contribution in [2.45, 2.75) is 6.42 Å². The average Bonchev–Trinajstić information content (AvgIpc) is 2.59. The Hall–Kier alpha value is -1.19. The molecule has 0 atom stereocenters. The number of carboxylic acid groups (broad SMARTS) is 1. The van der Waals surface area contributed by atoms with E-state index in [2.05, 4.69) is 10.3 Å². The van der Waals surface area contributed by atoms with Gasteiger partial charge in [0.2, 0.25) is 10.0 Å². The van der Waals surface area contributed by atoms with Gasteiger partial charge in [0.15, 0.2) is 10.8 Å². The number of hydrogen-bond donors (Lipinski definition) is 3.